The molecule has 4 aromatic carbocycles. The SMILES string of the molecule is CCCCCCc1ccc(C#C[C@H]2CC[C@H](c3ccc(CCCCC)cc3)CC2)cc1Cl.CCCCCCc1ccc([C@H]2CC[C@H](C#Cc3ccc(CCCCCC)c(Cl)c3)CC2)cc1. The highest BCUT2D eigenvalue weighted by molar-refractivity contribution is 6.31. The highest BCUT2D eigenvalue weighted by Crippen LogP contribution is 2.37. The molecular weight excluding hydrogens is 828 g/mol. The van der Waals surface area contributed by atoms with Crippen LogP contribution in [0.3, 0.4) is 0 Å². The van der Waals surface area contributed by atoms with Crippen molar-refractivity contribution in [1.29, 1.82) is 0 Å². The Hall–Kier alpha value is -3.42. The van der Waals surface area contributed by atoms with E-state index in [-0.39, 0.29) is 0 Å². The molecule has 2 saturated carbocycles. The van der Waals surface area contributed by atoms with E-state index in [4.69, 9.17) is 23.2 Å². The first kappa shape index (κ1) is 52.5. The Balaban J connectivity index is 0.000000244. The zero-order valence-electron chi connectivity index (χ0n) is 41.2. The van der Waals surface area contributed by atoms with E-state index >= 15 is 0 Å². The van der Waals surface area contributed by atoms with Gasteiger partial charge in [0.1, 0.15) is 0 Å². The lowest BCUT2D eigenvalue weighted by atomic mass is 9.78. The second-order valence-electron chi connectivity index (χ2n) is 19.6. The Kier molecular flexibility index (Phi) is 24.9. The molecule has 350 valence electrons. The summed E-state index contributed by atoms with van der Waals surface area (Å²) in [4.78, 5) is 0. The number of hydrogen-bond donors (Lipinski definition) is 0. The fourth-order valence-corrected chi connectivity index (χ4v) is 10.5. The standard InChI is InChI=1S/C32H43Cl.C31H41Cl/c1-3-5-7-9-11-26-15-20-29(21-16-26)30-22-17-27(18-23-30)13-14-28-19-24-31(32(33)25-28)12-10-8-6-4-2;1-3-5-7-9-11-30-23-18-27(24-31(30)32)13-12-26-16-21-29(22-17-26)28-19-14-25(15-20-28)10-8-6-4-2/h15-16,19-21,24-25,27,30H,3-12,17-18,22-23H2,1-2H3;14-15,18-20,23-24,26,29H,3-11,16-17,21-22H2,1-2H3/t27-,30-;26-,29-. The molecule has 2 fully saturated rings. The van der Waals surface area contributed by atoms with Gasteiger partial charge in [-0.2, -0.15) is 0 Å². The molecule has 6 rings (SSSR count). The van der Waals surface area contributed by atoms with Crippen LogP contribution in [0.1, 0.15) is 232 Å². The van der Waals surface area contributed by atoms with Gasteiger partial charge in [-0.15, -0.1) is 0 Å². The lowest BCUT2D eigenvalue weighted by molar-refractivity contribution is 0.384. The minimum absolute atomic E-state index is 0.520. The summed E-state index contributed by atoms with van der Waals surface area (Å²) < 4.78 is 0. The van der Waals surface area contributed by atoms with E-state index in [0.717, 1.165) is 34.0 Å². The second-order valence-corrected chi connectivity index (χ2v) is 20.4. The van der Waals surface area contributed by atoms with Crippen molar-refractivity contribution >= 4 is 23.2 Å². The van der Waals surface area contributed by atoms with Gasteiger partial charge >= 0.3 is 0 Å². The average Bonchev–Trinajstić information content (AvgIpc) is 3.34. The number of aryl methyl sites for hydroxylation is 4. The van der Waals surface area contributed by atoms with Gasteiger partial charge in [0.25, 0.3) is 0 Å². The summed E-state index contributed by atoms with van der Waals surface area (Å²) in [6, 6.07) is 31.8. The van der Waals surface area contributed by atoms with E-state index in [1.54, 1.807) is 0 Å². The van der Waals surface area contributed by atoms with Gasteiger partial charge < -0.3 is 0 Å². The van der Waals surface area contributed by atoms with Crippen molar-refractivity contribution in [3.8, 4) is 23.7 Å². The number of halogens is 2. The van der Waals surface area contributed by atoms with E-state index in [1.165, 1.54) is 194 Å². The zero-order valence-corrected chi connectivity index (χ0v) is 42.8. The third-order valence-corrected chi connectivity index (χ3v) is 15.0. The van der Waals surface area contributed by atoms with Crippen molar-refractivity contribution in [1.82, 2.24) is 0 Å². The van der Waals surface area contributed by atoms with Gasteiger partial charge in [-0.05, 0) is 172 Å². The summed E-state index contributed by atoms with van der Waals surface area (Å²) in [6.45, 7) is 9.04. The minimum atomic E-state index is 0.520. The Morgan fingerprint density at radius 1 is 0.385 bits per heavy atom. The lowest BCUT2D eigenvalue weighted by Gasteiger charge is -2.26. The second kappa shape index (κ2) is 30.8. The van der Waals surface area contributed by atoms with Crippen LogP contribution in [0.2, 0.25) is 10.0 Å². The summed E-state index contributed by atoms with van der Waals surface area (Å²) in [6.07, 6.45) is 34.0. The van der Waals surface area contributed by atoms with Crippen LogP contribution in [0.4, 0.5) is 0 Å². The Labute approximate surface area is 408 Å². The maximum Gasteiger partial charge on any atom is 0.0450 e. The monoisotopic (exact) mass is 911 g/mol. The summed E-state index contributed by atoms with van der Waals surface area (Å²) in [7, 11) is 0. The van der Waals surface area contributed by atoms with Crippen molar-refractivity contribution < 1.29 is 0 Å². The molecule has 2 aliphatic carbocycles. The van der Waals surface area contributed by atoms with Crippen molar-refractivity contribution in [2.75, 3.05) is 0 Å². The molecule has 4 aromatic rings. The van der Waals surface area contributed by atoms with Gasteiger partial charge in [0, 0.05) is 33.0 Å². The minimum Gasteiger partial charge on any atom is -0.0945 e. The zero-order chi connectivity index (χ0) is 45.9. The first-order chi connectivity index (χ1) is 31.9. The average molecular weight is 912 g/mol. The molecule has 0 nitrogen and oxygen atoms in total. The highest BCUT2D eigenvalue weighted by Gasteiger charge is 2.22. The quantitative estimate of drug-likeness (QED) is 0.0577. The smallest absolute Gasteiger partial charge is 0.0450 e. The van der Waals surface area contributed by atoms with E-state index in [9.17, 15) is 0 Å². The van der Waals surface area contributed by atoms with E-state index in [1.807, 2.05) is 0 Å². The largest absolute Gasteiger partial charge is 0.0945 e. The molecule has 0 saturated heterocycles. The predicted molar refractivity (Wildman–Crippen MR) is 286 cm³/mol. The number of rotatable bonds is 21. The van der Waals surface area contributed by atoms with E-state index in [2.05, 4.69) is 136 Å². The van der Waals surface area contributed by atoms with Crippen LogP contribution in [-0.4, -0.2) is 0 Å². The number of unbranched alkanes of at least 4 members (excludes halogenated alkanes) is 11. The molecule has 0 N–H and O–H groups in total. The third-order valence-electron chi connectivity index (χ3n) is 14.3. The van der Waals surface area contributed by atoms with Crippen LogP contribution in [0.25, 0.3) is 0 Å². The molecule has 0 amide bonds. The summed E-state index contributed by atoms with van der Waals surface area (Å²) in [5.41, 5.74) is 10.7. The first-order valence-corrected chi connectivity index (χ1v) is 27.4. The predicted octanol–water partition coefficient (Wildman–Crippen LogP) is 19.4. The van der Waals surface area contributed by atoms with E-state index in [0.29, 0.717) is 23.7 Å². The van der Waals surface area contributed by atoms with Crippen molar-refractivity contribution in [3.63, 3.8) is 0 Å². The molecule has 0 heterocycles. The lowest BCUT2D eigenvalue weighted by Crippen LogP contribution is -2.12. The van der Waals surface area contributed by atoms with E-state index < -0.39 is 0 Å². The van der Waals surface area contributed by atoms with Crippen molar-refractivity contribution in [2.45, 2.75) is 213 Å². The van der Waals surface area contributed by atoms with Crippen LogP contribution in [0.15, 0.2) is 84.9 Å². The maximum atomic E-state index is 6.54. The molecule has 0 aromatic heterocycles. The molecular formula is C63H84Cl2. The molecule has 0 radical (unpaired) electrons. The molecule has 65 heavy (non-hydrogen) atoms. The molecule has 0 spiro atoms. The van der Waals surface area contributed by atoms with Crippen LogP contribution >= 0.6 is 23.2 Å². The normalized spacial score (nSPS) is 18.1. The third kappa shape index (κ3) is 19.4. The molecule has 2 aliphatic rings. The molecule has 0 bridgehead atoms. The van der Waals surface area contributed by atoms with Crippen LogP contribution in [-0.2, 0) is 25.7 Å². The Bertz CT molecular complexity index is 2030. The van der Waals surface area contributed by atoms with Crippen molar-refractivity contribution in [2.24, 2.45) is 11.8 Å². The topological polar surface area (TPSA) is 0 Å². The van der Waals surface area contributed by atoms with Crippen LogP contribution in [0, 0.1) is 35.5 Å². The fourth-order valence-electron chi connectivity index (χ4n) is 9.90. The van der Waals surface area contributed by atoms with Gasteiger partial charge in [0.2, 0.25) is 0 Å². The molecule has 0 atom stereocenters. The number of hydrogen-bond acceptors (Lipinski definition) is 0. The first-order valence-electron chi connectivity index (χ1n) is 26.7. The van der Waals surface area contributed by atoms with Gasteiger partial charge in [0.15, 0.2) is 0 Å². The van der Waals surface area contributed by atoms with Gasteiger partial charge in [-0.3, -0.25) is 0 Å². The summed E-state index contributed by atoms with van der Waals surface area (Å²) >= 11 is 13.1. The van der Waals surface area contributed by atoms with Crippen LogP contribution < -0.4 is 0 Å². The Morgan fingerprint density at radius 2 is 0.723 bits per heavy atom. The fraction of sp³-hybridized carbons (Fsp3) is 0.556. The highest BCUT2D eigenvalue weighted by atomic mass is 35.5. The maximum absolute atomic E-state index is 6.54. The van der Waals surface area contributed by atoms with Crippen molar-refractivity contribution in [3.05, 3.63) is 139 Å². The van der Waals surface area contributed by atoms with Gasteiger partial charge in [0.05, 0.1) is 0 Å². The molecule has 2 heteroatoms. The summed E-state index contributed by atoms with van der Waals surface area (Å²) in [5.74, 6) is 16.4. The summed E-state index contributed by atoms with van der Waals surface area (Å²) in [5, 5.41) is 1.77. The molecule has 0 aliphatic heterocycles. The van der Waals surface area contributed by atoms with Crippen LogP contribution in [0.5, 0.6) is 0 Å². The molecule has 0 unspecified atom stereocenters. The van der Waals surface area contributed by atoms with Gasteiger partial charge in [-0.25, -0.2) is 0 Å². The number of benzene rings is 4. The Morgan fingerprint density at radius 3 is 1.08 bits per heavy atom. The van der Waals surface area contributed by atoms with Gasteiger partial charge in [-0.1, -0.05) is 206 Å².